The number of guanidine groups is 1. The number of aliphatic imine (C=N–C) groups is 1. The summed E-state index contributed by atoms with van der Waals surface area (Å²) in [6.07, 6.45) is -1.35. The predicted octanol–water partition coefficient (Wildman–Crippen LogP) is 2.85. The van der Waals surface area contributed by atoms with Crippen molar-refractivity contribution in [3.05, 3.63) is 23.9 Å². The molecule has 1 atom stereocenters. The van der Waals surface area contributed by atoms with Crippen molar-refractivity contribution < 1.29 is 27.4 Å². The van der Waals surface area contributed by atoms with Gasteiger partial charge in [0.1, 0.15) is 12.2 Å². The molecule has 0 bridgehead atoms. The summed E-state index contributed by atoms with van der Waals surface area (Å²) >= 11 is 0. The van der Waals surface area contributed by atoms with Crippen LogP contribution in [0.15, 0.2) is 23.3 Å². The SMILES string of the molecule is CCNC(=NCCCOC1CCOC1)NCCOc1ncccc1C(F)(F)F.I. The molecule has 11 heteroatoms. The first-order valence-electron chi connectivity index (χ1n) is 9.37. The highest BCUT2D eigenvalue weighted by atomic mass is 127. The summed E-state index contributed by atoms with van der Waals surface area (Å²) in [5.41, 5.74) is -0.886. The Kier molecular flexibility index (Phi) is 12.2. The van der Waals surface area contributed by atoms with E-state index in [1.165, 1.54) is 12.3 Å². The van der Waals surface area contributed by atoms with Crippen LogP contribution in [0.3, 0.4) is 0 Å². The Bertz CT molecular complexity index is 614. The third-order valence-electron chi connectivity index (χ3n) is 3.87. The van der Waals surface area contributed by atoms with Crippen LogP contribution in [0.4, 0.5) is 13.2 Å². The number of pyridine rings is 1. The molecule has 0 aliphatic carbocycles. The molecule has 1 fully saturated rings. The Morgan fingerprint density at radius 2 is 2.17 bits per heavy atom. The fourth-order valence-electron chi connectivity index (χ4n) is 2.53. The molecule has 1 unspecified atom stereocenters. The van der Waals surface area contributed by atoms with Gasteiger partial charge in [-0.15, -0.1) is 24.0 Å². The molecule has 2 heterocycles. The molecule has 0 radical (unpaired) electrons. The van der Waals surface area contributed by atoms with Crippen molar-refractivity contribution in [2.45, 2.75) is 32.0 Å². The van der Waals surface area contributed by atoms with Gasteiger partial charge in [-0.2, -0.15) is 13.2 Å². The lowest BCUT2D eigenvalue weighted by molar-refractivity contribution is -0.139. The van der Waals surface area contributed by atoms with Crippen LogP contribution >= 0.6 is 24.0 Å². The van der Waals surface area contributed by atoms with Gasteiger partial charge in [0, 0.05) is 32.5 Å². The molecule has 0 aromatic carbocycles. The maximum absolute atomic E-state index is 12.9. The van der Waals surface area contributed by atoms with Crippen molar-refractivity contribution in [2.75, 3.05) is 46.1 Å². The number of alkyl halides is 3. The number of nitrogens with one attached hydrogen (secondary N) is 2. The zero-order valence-corrected chi connectivity index (χ0v) is 18.7. The fraction of sp³-hybridized carbons (Fsp3) is 0.667. The van der Waals surface area contributed by atoms with Crippen molar-refractivity contribution in [3.8, 4) is 5.88 Å². The Morgan fingerprint density at radius 1 is 1.34 bits per heavy atom. The average molecular weight is 532 g/mol. The third-order valence-corrected chi connectivity index (χ3v) is 3.87. The second-order valence-electron chi connectivity index (χ2n) is 6.10. The molecule has 2 rings (SSSR count). The number of rotatable bonds is 10. The molecule has 0 amide bonds. The Hall–Kier alpha value is -1.34. The highest BCUT2D eigenvalue weighted by molar-refractivity contribution is 14.0. The molecule has 29 heavy (non-hydrogen) atoms. The first kappa shape index (κ1) is 25.7. The fourth-order valence-corrected chi connectivity index (χ4v) is 2.53. The molecule has 1 aromatic heterocycles. The number of ether oxygens (including phenoxy) is 3. The predicted molar refractivity (Wildman–Crippen MR) is 114 cm³/mol. The minimum atomic E-state index is -4.50. The van der Waals surface area contributed by atoms with Gasteiger partial charge < -0.3 is 24.8 Å². The van der Waals surface area contributed by atoms with Crippen molar-refractivity contribution in [2.24, 2.45) is 4.99 Å². The summed E-state index contributed by atoms with van der Waals surface area (Å²) in [6.45, 7) is 5.50. The summed E-state index contributed by atoms with van der Waals surface area (Å²) in [6, 6.07) is 2.17. The van der Waals surface area contributed by atoms with E-state index in [1.807, 2.05) is 6.92 Å². The second kappa shape index (κ2) is 13.8. The van der Waals surface area contributed by atoms with Crippen molar-refractivity contribution in [1.82, 2.24) is 15.6 Å². The van der Waals surface area contributed by atoms with E-state index in [2.05, 4.69) is 20.6 Å². The van der Waals surface area contributed by atoms with Crippen molar-refractivity contribution in [3.63, 3.8) is 0 Å². The van der Waals surface area contributed by atoms with Gasteiger partial charge in [-0.25, -0.2) is 4.98 Å². The van der Waals surface area contributed by atoms with Crippen molar-refractivity contribution >= 4 is 29.9 Å². The standard InChI is InChI=1S/C18H27F3N4O3.HI/c1-2-22-17(24-8-4-10-27-14-6-11-26-13-14)25-9-12-28-16-15(18(19,20)21)5-3-7-23-16;/h3,5,7,14H,2,4,6,8-13H2,1H3,(H2,22,24,25);1H. The summed E-state index contributed by atoms with van der Waals surface area (Å²) in [4.78, 5) is 8.07. The first-order chi connectivity index (χ1) is 13.5. The second-order valence-corrected chi connectivity index (χ2v) is 6.10. The largest absolute Gasteiger partial charge is 0.475 e. The molecule has 0 spiro atoms. The number of aromatic nitrogens is 1. The third kappa shape index (κ3) is 9.81. The van der Waals surface area contributed by atoms with Gasteiger partial charge in [-0.05, 0) is 31.9 Å². The molecule has 0 saturated carbocycles. The lowest BCUT2D eigenvalue weighted by Gasteiger charge is -2.14. The van der Waals surface area contributed by atoms with Crippen LogP contribution < -0.4 is 15.4 Å². The molecule has 1 saturated heterocycles. The maximum Gasteiger partial charge on any atom is 0.421 e. The van der Waals surface area contributed by atoms with Crippen LogP contribution in [0.2, 0.25) is 0 Å². The summed E-state index contributed by atoms with van der Waals surface area (Å²) in [5, 5.41) is 6.10. The van der Waals surface area contributed by atoms with Crippen molar-refractivity contribution in [1.29, 1.82) is 0 Å². The van der Waals surface area contributed by atoms with E-state index in [4.69, 9.17) is 14.2 Å². The van der Waals surface area contributed by atoms with Gasteiger partial charge in [-0.1, -0.05) is 0 Å². The Labute approximate surface area is 185 Å². The Morgan fingerprint density at radius 3 is 2.86 bits per heavy atom. The quantitative estimate of drug-likeness (QED) is 0.209. The molecule has 1 aliphatic heterocycles. The topological polar surface area (TPSA) is 77.0 Å². The van der Waals surface area contributed by atoms with E-state index in [9.17, 15) is 13.2 Å². The number of halogens is 4. The number of nitrogens with zero attached hydrogens (tertiary/aromatic N) is 2. The minimum Gasteiger partial charge on any atom is -0.475 e. The van der Waals surface area contributed by atoms with Gasteiger partial charge in [0.05, 0.1) is 19.3 Å². The van der Waals surface area contributed by atoms with Crippen LogP contribution in [-0.4, -0.2) is 63.1 Å². The van der Waals surface area contributed by atoms with Crippen LogP contribution in [-0.2, 0) is 15.7 Å². The Balaban J connectivity index is 0.00000420. The van der Waals surface area contributed by atoms with Crippen LogP contribution in [0.25, 0.3) is 0 Å². The van der Waals surface area contributed by atoms with E-state index in [-0.39, 0.29) is 43.2 Å². The van der Waals surface area contributed by atoms with E-state index in [0.29, 0.717) is 32.3 Å². The summed E-state index contributed by atoms with van der Waals surface area (Å²) in [7, 11) is 0. The lowest BCUT2D eigenvalue weighted by atomic mass is 10.2. The number of hydrogen-bond donors (Lipinski definition) is 2. The van der Waals surface area contributed by atoms with E-state index < -0.39 is 17.6 Å². The summed E-state index contributed by atoms with van der Waals surface area (Å²) < 4.78 is 54.8. The van der Waals surface area contributed by atoms with E-state index in [0.717, 1.165) is 25.5 Å². The molecule has 7 nitrogen and oxygen atoms in total. The number of hydrogen-bond acceptors (Lipinski definition) is 5. The summed E-state index contributed by atoms with van der Waals surface area (Å²) in [5.74, 6) is 0.152. The zero-order chi connectivity index (χ0) is 20.2. The molecular formula is C18H28F3IN4O3. The highest BCUT2D eigenvalue weighted by Crippen LogP contribution is 2.34. The first-order valence-corrected chi connectivity index (χ1v) is 9.37. The van der Waals surface area contributed by atoms with Gasteiger partial charge in [0.15, 0.2) is 5.96 Å². The van der Waals surface area contributed by atoms with Crippen LogP contribution in [0.1, 0.15) is 25.3 Å². The molecule has 1 aliphatic rings. The molecule has 2 N–H and O–H groups in total. The van der Waals surface area contributed by atoms with Gasteiger partial charge in [-0.3, -0.25) is 4.99 Å². The van der Waals surface area contributed by atoms with Gasteiger partial charge >= 0.3 is 6.18 Å². The lowest BCUT2D eigenvalue weighted by Crippen LogP contribution is -2.39. The van der Waals surface area contributed by atoms with Gasteiger partial charge in [0.25, 0.3) is 0 Å². The van der Waals surface area contributed by atoms with E-state index in [1.54, 1.807) is 0 Å². The minimum absolute atomic E-state index is 0. The van der Waals surface area contributed by atoms with E-state index >= 15 is 0 Å². The van der Waals surface area contributed by atoms with Crippen LogP contribution in [0.5, 0.6) is 5.88 Å². The normalized spacial score (nSPS) is 17.0. The van der Waals surface area contributed by atoms with Gasteiger partial charge in [0.2, 0.25) is 5.88 Å². The smallest absolute Gasteiger partial charge is 0.421 e. The van der Waals surface area contributed by atoms with Crippen LogP contribution in [0, 0.1) is 0 Å². The highest BCUT2D eigenvalue weighted by Gasteiger charge is 2.34. The molecular weight excluding hydrogens is 504 g/mol. The monoisotopic (exact) mass is 532 g/mol. The molecule has 166 valence electrons. The maximum atomic E-state index is 12.9. The zero-order valence-electron chi connectivity index (χ0n) is 16.3. The average Bonchev–Trinajstić information content (AvgIpc) is 3.18. The molecule has 1 aromatic rings.